The second-order valence-electron chi connectivity index (χ2n) is 6.56. The van der Waals surface area contributed by atoms with Crippen LogP contribution >= 0.6 is 0 Å². The molecule has 0 unspecified atom stereocenters. The van der Waals surface area contributed by atoms with E-state index in [2.05, 4.69) is 5.32 Å². The normalized spacial score (nSPS) is 11.2. The molecule has 156 valence electrons. The van der Waals surface area contributed by atoms with Crippen LogP contribution in [0.1, 0.15) is 16.7 Å². The quantitative estimate of drug-likeness (QED) is 0.725. The van der Waals surface area contributed by atoms with Gasteiger partial charge in [-0.3, -0.25) is 9.59 Å². The minimum atomic E-state index is -4.60. The highest BCUT2D eigenvalue weighted by molar-refractivity contribution is 5.95. The van der Waals surface area contributed by atoms with Gasteiger partial charge in [-0.25, -0.2) is 0 Å². The molecule has 0 heterocycles. The summed E-state index contributed by atoms with van der Waals surface area (Å²) >= 11 is 0. The van der Waals surface area contributed by atoms with Crippen molar-refractivity contribution < 1.29 is 27.5 Å². The van der Waals surface area contributed by atoms with E-state index in [1.54, 1.807) is 0 Å². The summed E-state index contributed by atoms with van der Waals surface area (Å²) in [5.41, 5.74) is 0.552. The maximum Gasteiger partial charge on any atom is 0.418 e. The molecule has 1 N–H and O–H groups in total. The Balaban J connectivity index is 2.08. The van der Waals surface area contributed by atoms with Gasteiger partial charge in [0.15, 0.2) is 0 Å². The smallest absolute Gasteiger partial charge is 0.383 e. The molecule has 0 aliphatic carbocycles. The summed E-state index contributed by atoms with van der Waals surface area (Å²) in [7, 11) is 1.46. The summed E-state index contributed by atoms with van der Waals surface area (Å²) in [6.45, 7) is 1.90. The third-order valence-electron chi connectivity index (χ3n) is 4.24. The molecular formula is C21H23F3N2O3. The number of nitrogens with one attached hydrogen (secondary N) is 1. The van der Waals surface area contributed by atoms with E-state index < -0.39 is 17.6 Å². The van der Waals surface area contributed by atoms with Crippen molar-refractivity contribution in [2.75, 3.05) is 32.1 Å². The van der Waals surface area contributed by atoms with Crippen molar-refractivity contribution in [1.82, 2.24) is 4.90 Å². The summed E-state index contributed by atoms with van der Waals surface area (Å²) in [5.74, 6) is -1.03. The topological polar surface area (TPSA) is 58.6 Å². The van der Waals surface area contributed by atoms with Crippen LogP contribution in [0.5, 0.6) is 0 Å². The van der Waals surface area contributed by atoms with Crippen molar-refractivity contribution in [3.05, 3.63) is 65.2 Å². The van der Waals surface area contributed by atoms with Crippen LogP contribution in [0, 0.1) is 6.92 Å². The van der Waals surface area contributed by atoms with Crippen LogP contribution in [0.4, 0.5) is 18.9 Å². The number of ether oxygens (including phenoxy) is 1. The molecule has 5 nitrogen and oxygen atoms in total. The zero-order valence-corrected chi connectivity index (χ0v) is 16.3. The summed E-state index contributed by atoms with van der Waals surface area (Å²) in [4.78, 5) is 26.3. The molecule has 2 rings (SSSR count). The Morgan fingerprint density at radius 1 is 1.07 bits per heavy atom. The first kappa shape index (κ1) is 22.4. The molecule has 0 spiro atoms. The Labute approximate surface area is 167 Å². The number of alkyl halides is 3. The lowest BCUT2D eigenvalue weighted by Gasteiger charge is -2.22. The van der Waals surface area contributed by atoms with Crippen molar-refractivity contribution in [2.45, 2.75) is 19.5 Å². The zero-order valence-electron chi connectivity index (χ0n) is 16.3. The molecule has 0 saturated carbocycles. The van der Waals surface area contributed by atoms with E-state index in [0.29, 0.717) is 0 Å². The van der Waals surface area contributed by atoms with Crippen molar-refractivity contribution in [3.8, 4) is 0 Å². The molecule has 0 saturated heterocycles. The van der Waals surface area contributed by atoms with Crippen LogP contribution in [0.25, 0.3) is 0 Å². The second-order valence-corrected chi connectivity index (χ2v) is 6.56. The Kier molecular flexibility index (Phi) is 7.78. The molecule has 29 heavy (non-hydrogen) atoms. The zero-order chi connectivity index (χ0) is 21.4. The second kappa shape index (κ2) is 10.1. The lowest BCUT2D eigenvalue weighted by molar-refractivity contribution is -0.137. The summed E-state index contributed by atoms with van der Waals surface area (Å²) in [5, 5.41) is 2.26. The van der Waals surface area contributed by atoms with Gasteiger partial charge in [-0.1, -0.05) is 42.0 Å². The fourth-order valence-electron chi connectivity index (χ4n) is 2.69. The molecule has 0 radical (unpaired) electrons. The molecule has 0 atom stereocenters. The molecule has 0 bridgehead atoms. The number of hydrogen-bond acceptors (Lipinski definition) is 3. The van der Waals surface area contributed by atoms with Crippen LogP contribution in [-0.4, -0.2) is 43.5 Å². The average Bonchev–Trinajstić information content (AvgIpc) is 2.66. The fraction of sp³-hybridized carbons (Fsp3) is 0.333. The Bertz CT molecular complexity index is 836. The molecular weight excluding hydrogens is 385 g/mol. The van der Waals surface area contributed by atoms with Gasteiger partial charge < -0.3 is 15.0 Å². The number of aryl methyl sites for hydroxylation is 1. The van der Waals surface area contributed by atoms with Crippen molar-refractivity contribution in [3.63, 3.8) is 0 Å². The summed E-state index contributed by atoms with van der Waals surface area (Å²) in [6, 6.07) is 12.1. The highest BCUT2D eigenvalue weighted by Gasteiger charge is 2.33. The van der Waals surface area contributed by atoms with E-state index >= 15 is 0 Å². The minimum absolute atomic E-state index is 0.0798. The SMILES string of the molecule is COCCN(CC(=O)Nc1ccccc1C(F)(F)F)C(=O)Cc1ccc(C)cc1. The minimum Gasteiger partial charge on any atom is -0.383 e. The summed E-state index contributed by atoms with van der Waals surface area (Å²) < 4.78 is 44.3. The standard InChI is InChI=1S/C21H23F3N2O3/c1-15-7-9-16(10-8-15)13-20(28)26(11-12-29-2)14-19(27)25-18-6-4-3-5-17(18)21(22,23)24/h3-10H,11-14H2,1-2H3,(H,25,27). The first-order chi connectivity index (χ1) is 13.7. The van der Waals surface area contributed by atoms with Gasteiger partial charge in [-0.05, 0) is 24.6 Å². The van der Waals surface area contributed by atoms with Gasteiger partial charge in [0.1, 0.15) is 0 Å². The molecule has 0 aliphatic heterocycles. The van der Waals surface area contributed by atoms with Crippen LogP contribution in [-0.2, 0) is 26.9 Å². The average molecular weight is 408 g/mol. The largest absolute Gasteiger partial charge is 0.418 e. The molecule has 2 aromatic rings. The van der Waals surface area contributed by atoms with Crippen LogP contribution < -0.4 is 5.32 Å². The first-order valence-corrected chi connectivity index (χ1v) is 8.99. The van der Waals surface area contributed by atoms with E-state index in [9.17, 15) is 22.8 Å². The number of amides is 2. The summed E-state index contributed by atoms with van der Waals surface area (Å²) in [6.07, 6.45) is -4.52. The number of carbonyl (C=O) groups excluding carboxylic acids is 2. The Morgan fingerprint density at radius 2 is 1.72 bits per heavy atom. The molecule has 8 heteroatoms. The molecule has 0 aliphatic rings. The van der Waals surface area contributed by atoms with Gasteiger partial charge in [0, 0.05) is 13.7 Å². The van der Waals surface area contributed by atoms with Crippen molar-refractivity contribution in [2.24, 2.45) is 0 Å². The number of hydrogen-bond donors (Lipinski definition) is 1. The molecule has 0 fully saturated rings. The predicted octanol–water partition coefficient (Wildman–Crippen LogP) is 3.67. The number of carbonyl (C=O) groups is 2. The van der Waals surface area contributed by atoms with Gasteiger partial charge in [-0.2, -0.15) is 13.2 Å². The van der Waals surface area contributed by atoms with Crippen molar-refractivity contribution >= 4 is 17.5 Å². The third kappa shape index (κ3) is 6.90. The lowest BCUT2D eigenvalue weighted by atomic mass is 10.1. The number of methoxy groups -OCH3 is 1. The number of para-hydroxylation sites is 1. The van der Waals surface area contributed by atoms with E-state index in [0.717, 1.165) is 17.2 Å². The van der Waals surface area contributed by atoms with E-state index in [4.69, 9.17) is 4.74 Å². The maximum absolute atomic E-state index is 13.1. The third-order valence-corrected chi connectivity index (χ3v) is 4.24. The highest BCUT2D eigenvalue weighted by atomic mass is 19.4. The Morgan fingerprint density at radius 3 is 2.34 bits per heavy atom. The Hall–Kier alpha value is -2.87. The number of benzene rings is 2. The maximum atomic E-state index is 13.1. The van der Waals surface area contributed by atoms with Gasteiger partial charge in [0.2, 0.25) is 11.8 Å². The number of nitrogens with zero attached hydrogens (tertiary/aromatic N) is 1. The van der Waals surface area contributed by atoms with Gasteiger partial charge in [0.25, 0.3) is 0 Å². The predicted molar refractivity (Wildman–Crippen MR) is 103 cm³/mol. The monoisotopic (exact) mass is 408 g/mol. The molecule has 2 aromatic carbocycles. The number of halogens is 3. The van der Waals surface area contributed by atoms with Crippen molar-refractivity contribution in [1.29, 1.82) is 0 Å². The van der Waals surface area contributed by atoms with Gasteiger partial charge in [-0.15, -0.1) is 0 Å². The van der Waals surface area contributed by atoms with Crippen LogP contribution in [0.2, 0.25) is 0 Å². The van der Waals surface area contributed by atoms with Crippen LogP contribution in [0.3, 0.4) is 0 Å². The van der Waals surface area contributed by atoms with E-state index in [1.807, 2.05) is 31.2 Å². The van der Waals surface area contributed by atoms with Gasteiger partial charge in [0.05, 0.1) is 30.8 Å². The number of rotatable bonds is 8. The number of anilines is 1. The molecule has 0 aromatic heterocycles. The van der Waals surface area contributed by atoms with E-state index in [-0.39, 0.29) is 37.7 Å². The lowest BCUT2D eigenvalue weighted by Crippen LogP contribution is -2.41. The molecule has 2 amide bonds. The fourth-order valence-corrected chi connectivity index (χ4v) is 2.69. The highest BCUT2D eigenvalue weighted by Crippen LogP contribution is 2.34. The first-order valence-electron chi connectivity index (χ1n) is 8.99. The van der Waals surface area contributed by atoms with Gasteiger partial charge >= 0.3 is 6.18 Å². The van der Waals surface area contributed by atoms with E-state index in [1.165, 1.54) is 30.2 Å². The van der Waals surface area contributed by atoms with Crippen LogP contribution in [0.15, 0.2) is 48.5 Å².